The molecule has 176 valence electrons. The van der Waals surface area contributed by atoms with E-state index in [9.17, 15) is 4.79 Å². The van der Waals surface area contributed by atoms with Crippen LogP contribution in [0.3, 0.4) is 0 Å². The molecule has 1 aliphatic rings. The molecule has 1 aliphatic heterocycles. The fraction of sp³-hybridized carbons (Fsp3) is 0.464. The number of hydrogen-bond acceptors (Lipinski definition) is 4. The number of esters is 1. The fourth-order valence-corrected chi connectivity index (χ4v) is 4.83. The molecule has 2 aromatic carbocycles. The van der Waals surface area contributed by atoms with E-state index < -0.39 is 0 Å². The van der Waals surface area contributed by atoms with Crippen molar-refractivity contribution in [2.24, 2.45) is 0 Å². The van der Waals surface area contributed by atoms with Crippen molar-refractivity contribution in [3.05, 3.63) is 64.8 Å². The maximum Gasteiger partial charge on any atom is 0.340 e. The Morgan fingerprint density at radius 1 is 1.03 bits per heavy atom. The van der Waals surface area contributed by atoms with Crippen molar-refractivity contribution < 1.29 is 14.3 Å². The van der Waals surface area contributed by atoms with Gasteiger partial charge < -0.3 is 18.9 Å². The predicted molar refractivity (Wildman–Crippen MR) is 133 cm³/mol. The number of likely N-dealkylation sites (tertiary alicyclic amines) is 1. The molecule has 1 fully saturated rings. The van der Waals surface area contributed by atoms with Gasteiger partial charge in [-0.15, -0.1) is 0 Å². The number of fused-ring (bicyclic) bond motifs is 1. The quantitative estimate of drug-likeness (QED) is 0.309. The number of nitrogens with zero attached hydrogens (tertiary/aromatic N) is 2. The SMILES string of the molecule is CCOC(=O)c1c(C)n(Cc2ccccc2C)c2ccc(OCCCN3CCCCC3)cc12. The minimum absolute atomic E-state index is 0.272. The highest BCUT2D eigenvalue weighted by atomic mass is 16.5. The van der Waals surface area contributed by atoms with Crippen molar-refractivity contribution in [1.29, 1.82) is 0 Å². The van der Waals surface area contributed by atoms with E-state index >= 15 is 0 Å². The Morgan fingerprint density at radius 3 is 2.58 bits per heavy atom. The van der Waals surface area contributed by atoms with E-state index in [1.54, 1.807) is 0 Å². The Balaban J connectivity index is 1.57. The molecule has 0 aliphatic carbocycles. The van der Waals surface area contributed by atoms with Gasteiger partial charge in [-0.1, -0.05) is 30.7 Å². The normalized spacial score (nSPS) is 14.5. The van der Waals surface area contributed by atoms with E-state index in [4.69, 9.17) is 9.47 Å². The molecule has 0 N–H and O–H groups in total. The van der Waals surface area contributed by atoms with Gasteiger partial charge in [0.15, 0.2) is 0 Å². The van der Waals surface area contributed by atoms with Crippen molar-refractivity contribution in [3.8, 4) is 5.75 Å². The van der Waals surface area contributed by atoms with Crippen LogP contribution in [0, 0.1) is 13.8 Å². The van der Waals surface area contributed by atoms with Crippen molar-refractivity contribution in [3.63, 3.8) is 0 Å². The third-order valence-electron chi connectivity index (χ3n) is 6.70. The van der Waals surface area contributed by atoms with E-state index in [-0.39, 0.29) is 5.97 Å². The summed E-state index contributed by atoms with van der Waals surface area (Å²) in [5.74, 6) is 0.533. The van der Waals surface area contributed by atoms with Crippen LogP contribution in [0.2, 0.25) is 0 Å². The van der Waals surface area contributed by atoms with E-state index in [0.717, 1.165) is 35.3 Å². The van der Waals surface area contributed by atoms with E-state index in [0.29, 0.717) is 25.3 Å². The van der Waals surface area contributed by atoms with Crippen LogP contribution < -0.4 is 4.74 Å². The van der Waals surface area contributed by atoms with Crippen LogP contribution in [-0.2, 0) is 11.3 Å². The maximum absolute atomic E-state index is 12.9. The molecular formula is C28H36N2O3. The number of ether oxygens (including phenoxy) is 2. The maximum atomic E-state index is 12.9. The van der Waals surface area contributed by atoms with Gasteiger partial charge >= 0.3 is 5.97 Å². The summed E-state index contributed by atoms with van der Waals surface area (Å²) >= 11 is 0. The summed E-state index contributed by atoms with van der Waals surface area (Å²) in [6, 6.07) is 14.5. The van der Waals surface area contributed by atoms with Crippen LogP contribution in [0.1, 0.15) is 59.8 Å². The Bertz CT molecular complexity index is 1100. The lowest BCUT2D eigenvalue weighted by molar-refractivity contribution is 0.0527. The van der Waals surface area contributed by atoms with Crippen LogP contribution in [0.25, 0.3) is 10.9 Å². The molecule has 4 rings (SSSR count). The molecule has 2 heterocycles. The van der Waals surface area contributed by atoms with Gasteiger partial charge in [-0.25, -0.2) is 4.79 Å². The second-order valence-corrected chi connectivity index (χ2v) is 8.98. The average molecular weight is 449 g/mol. The first kappa shape index (κ1) is 23.4. The predicted octanol–water partition coefficient (Wildman–Crippen LogP) is 5.74. The number of aryl methyl sites for hydroxylation is 1. The van der Waals surface area contributed by atoms with Crippen molar-refractivity contribution in [2.75, 3.05) is 32.8 Å². The molecule has 0 atom stereocenters. The third kappa shape index (κ3) is 5.41. The first-order chi connectivity index (χ1) is 16.1. The topological polar surface area (TPSA) is 43.7 Å². The first-order valence-electron chi connectivity index (χ1n) is 12.3. The van der Waals surface area contributed by atoms with Gasteiger partial charge in [0.1, 0.15) is 5.75 Å². The zero-order valence-electron chi connectivity index (χ0n) is 20.2. The Kier molecular flexibility index (Phi) is 7.71. The van der Waals surface area contributed by atoms with Gasteiger partial charge in [-0.3, -0.25) is 0 Å². The Hall–Kier alpha value is -2.79. The number of piperidine rings is 1. The van der Waals surface area contributed by atoms with Gasteiger partial charge in [0.05, 0.1) is 18.8 Å². The van der Waals surface area contributed by atoms with Crippen LogP contribution >= 0.6 is 0 Å². The molecule has 3 aromatic rings. The third-order valence-corrected chi connectivity index (χ3v) is 6.70. The summed E-state index contributed by atoms with van der Waals surface area (Å²) in [5.41, 5.74) is 5.07. The smallest absolute Gasteiger partial charge is 0.340 e. The zero-order chi connectivity index (χ0) is 23.2. The molecule has 0 radical (unpaired) electrons. The van der Waals surface area contributed by atoms with Crippen LogP contribution in [0.4, 0.5) is 0 Å². The highest BCUT2D eigenvalue weighted by molar-refractivity contribution is 6.06. The molecule has 5 heteroatoms. The van der Waals surface area contributed by atoms with Gasteiger partial charge in [0.2, 0.25) is 0 Å². The average Bonchev–Trinajstić information content (AvgIpc) is 3.09. The number of rotatable bonds is 9. The molecule has 33 heavy (non-hydrogen) atoms. The fourth-order valence-electron chi connectivity index (χ4n) is 4.83. The minimum atomic E-state index is -0.272. The first-order valence-corrected chi connectivity index (χ1v) is 12.3. The monoisotopic (exact) mass is 448 g/mol. The number of aromatic nitrogens is 1. The Morgan fingerprint density at radius 2 is 1.82 bits per heavy atom. The van der Waals surface area contributed by atoms with Crippen LogP contribution in [-0.4, -0.2) is 48.3 Å². The molecular weight excluding hydrogens is 412 g/mol. The van der Waals surface area contributed by atoms with E-state index in [1.165, 1.54) is 43.5 Å². The second-order valence-electron chi connectivity index (χ2n) is 8.98. The molecule has 5 nitrogen and oxygen atoms in total. The molecule has 0 spiro atoms. The highest BCUT2D eigenvalue weighted by Crippen LogP contribution is 2.31. The van der Waals surface area contributed by atoms with Gasteiger partial charge in [0.25, 0.3) is 0 Å². The second kappa shape index (κ2) is 10.9. The minimum Gasteiger partial charge on any atom is -0.494 e. The van der Waals surface area contributed by atoms with Gasteiger partial charge in [-0.2, -0.15) is 0 Å². The molecule has 0 saturated carbocycles. The standard InChI is InChI=1S/C28H36N2O3/c1-4-32-28(31)27-22(3)30(20-23-12-7-6-11-21(23)2)26-14-13-24(19-25(26)27)33-18-10-17-29-15-8-5-9-16-29/h6-7,11-14,19H,4-5,8-10,15-18,20H2,1-3H3. The molecule has 0 amide bonds. The summed E-state index contributed by atoms with van der Waals surface area (Å²) < 4.78 is 13.7. The van der Waals surface area contributed by atoms with Gasteiger partial charge in [-0.05, 0) is 82.4 Å². The number of carbonyl (C=O) groups is 1. The summed E-state index contributed by atoms with van der Waals surface area (Å²) in [6.07, 6.45) is 4.99. The van der Waals surface area contributed by atoms with Crippen molar-refractivity contribution in [1.82, 2.24) is 9.47 Å². The number of benzene rings is 2. The van der Waals surface area contributed by atoms with Crippen LogP contribution in [0.5, 0.6) is 5.75 Å². The Labute approximate surface area is 197 Å². The number of hydrogen-bond donors (Lipinski definition) is 0. The van der Waals surface area contributed by atoms with Crippen molar-refractivity contribution in [2.45, 2.75) is 53.0 Å². The molecule has 1 saturated heterocycles. The largest absolute Gasteiger partial charge is 0.494 e. The summed E-state index contributed by atoms with van der Waals surface area (Å²) in [4.78, 5) is 15.4. The molecule has 0 unspecified atom stereocenters. The zero-order valence-corrected chi connectivity index (χ0v) is 20.2. The van der Waals surface area contributed by atoms with Crippen molar-refractivity contribution >= 4 is 16.9 Å². The molecule has 0 bridgehead atoms. The van der Waals surface area contributed by atoms with Crippen LogP contribution in [0.15, 0.2) is 42.5 Å². The lowest BCUT2D eigenvalue weighted by atomic mass is 10.1. The number of carbonyl (C=O) groups excluding carboxylic acids is 1. The van der Waals surface area contributed by atoms with Gasteiger partial charge in [0, 0.05) is 29.7 Å². The van der Waals surface area contributed by atoms with E-state index in [1.807, 2.05) is 26.0 Å². The van der Waals surface area contributed by atoms with E-state index in [2.05, 4.69) is 46.7 Å². The summed E-state index contributed by atoms with van der Waals surface area (Å²) in [7, 11) is 0. The highest BCUT2D eigenvalue weighted by Gasteiger charge is 2.22. The molecule has 1 aromatic heterocycles. The summed E-state index contributed by atoms with van der Waals surface area (Å²) in [6.45, 7) is 11.2. The summed E-state index contributed by atoms with van der Waals surface area (Å²) in [5, 5.41) is 0.896. The lowest BCUT2D eigenvalue weighted by Crippen LogP contribution is -2.31. The lowest BCUT2D eigenvalue weighted by Gasteiger charge is -2.26.